The zero-order chi connectivity index (χ0) is 8.27. The third-order valence-corrected chi connectivity index (χ3v) is 1.56. The van der Waals surface area contributed by atoms with E-state index in [-0.39, 0.29) is 5.57 Å². The number of Topliss-reactive ketones (excluding diaryl/α,β-unsaturated/α-hetero) is 1. The summed E-state index contributed by atoms with van der Waals surface area (Å²) >= 11 is 0. The van der Waals surface area contributed by atoms with Crippen LogP contribution in [0.2, 0.25) is 0 Å². The molecule has 0 aliphatic carbocycles. The maximum absolute atomic E-state index is 10.9. The Morgan fingerprint density at radius 3 is 2.82 bits per heavy atom. The second kappa shape index (κ2) is 3.18. The summed E-state index contributed by atoms with van der Waals surface area (Å²) in [6.07, 6.45) is 1.88. The van der Waals surface area contributed by atoms with Crippen LogP contribution in [-0.4, -0.2) is 23.3 Å². The molecule has 0 saturated carbocycles. The Bertz CT molecular complexity index is 220. The molecule has 0 bridgehead atoms. The van der Waals surface area contributed by atoms with Gasteiger partial charge in [-0.2, -0.15) is 0 Å². The second-order valence-electron chi connectivity index (χ2n) is 2.34. The Kier molecular flexibility index (Phi) is 2.25. The van der Waals surface area contributed by atoms with Crippen molar-refractivity contribution in [1.29, 1.82) is 0 Å². The Morgan fingerprint density at radius 1 is 1.45 bits per heavy atom. The van der Waals surface area contributed by atoms with Gasteiger partial charge in [-0.3, -0.25) is 9.59 Å². The summed E-state index contributed by atoms with van der Waals surface area (Å²) in [5.74, 6) is -1.24. The number of nitrogens with one attached hydrogen (secondary N) is 1. The van der Waals surface area contributed by atoms with Crippen molar-refractivity contribution in [3.8, 4) is 0 Å². The van der Waals surface area contributed by atoms with Crippen molar-refractivity contribution in [3.05, 3.63) is 11.8 Å². The van der Waals surface area contributed by atoms with E-state index in [2.05, 4.69) is 5.32 Å². The molecule has 0 spiro atoms. The van der Waals surface area contributed by atoms with E-state index in [1.807, 2.05) is 0 Å². The van der Waals surface area contributed by atoms with Gasteiger partial charge in [0.15, 0.2) is 0 Å². The summed E-state index contributed by atoms with van der Waals surface area (Å²) in [6, 6.07) is 0. The van der Waals surface area contributed by atoms with Crippen LogP contribution in [0.15, 0.2) is 11.8 Å². The van der Waals surface area contributed by atoms with Crippen molar-refractivity contribution < 1.29 is 14.7 Å². The summed E-state index contributed by atoms with van der Waals surface area (Å²) in [7, 11) is 0. The van der Waals surface area contributed by atoms with Gasteiger partial charge in [0.2, 0.25) is 5.78 Å². The number of rotatable bonds is 0. The van der Waals surface area contributed by atoms with Crippen molar-refractivity contribution in [1.82, 2.24) is 5.32 Å². The van der Waals surface area contributed by atoms with Gasteiger partial charge in [-0.1, -0.05) is 0 Å². The van der Waals surface area contributed by atoms with E-state index >= 15 is 0 Å². The molecule has 2 N–H and O–H groups in total. The highest BCUT2D eigenvalue weighted by atomic mass is 16.2. The van der Waals surface area contributed by atoms with Gasteiger partial charge in [0.25, 0.3) is 5.91 Å². The largest absolute Gasteiger partial charge is 0.515 e. The molecule has 11 heavy (non-hydrogen) atoms. The first kappa shape index (κ1) is 7.78. The monoisotopic (exact) mass is 155 g/mol. The fourth-order valence-electron chi connectivity index (χ4n) is 0.944. The van der Waals surface area contributed by atoms with Gasteiger partial charge in [0.05, 0.1) is 6.26 Å². The van der Waals surface area contributed by atoms with Gasteiger partial charge in [0, 0.05) is 12.1 Å². The first-order valence-electron chi connectivity index (χ1n) is 3.41. The zero-order valence-corrected chi connectivity index (χ0v) is 5.96. The van der Waals surface area contributed by atoms with Gasteiger partial charge >= 0.3 is 0 Å². The lowest BCUT2D eigenvalue weighted by Crippen LogP contribution is -2.29. The molecular weight excluding hydrogens is 146 g/mol. The normalized spacial score (nSPS) is 23.1. The standard InChI is InChI=1S/C7H9NO3/c9-4-5-2-1-3-8-7(11)6(5)10/h4,9H,1-3H2,(H,8,11)/b5-4+. The molecule has 1 rings (SSSR count). The number of hydrogen-bond acceptors (Lipinski definition) is 3. The summed E-state index contributed by atoms with van der Waals surface area (Å²) in [6.45, 7) is 0.502. The zero-order valence-electron chi connectivity index (χ0n) is 5.96. The van der Waals surface area contributed by atoms with E-state index in [1.54, 1.807) is 0 Å². The van der Waals surface area contributed by atoms with Crippen LogP contribution in [0.1, 0.15) is 12.8 Å². The van der Waals surface area contributed by atoms with E-state index in [0.29, 0.717) is 25.6 Å². The molecular formula is C7H9NO3. The predicted octanol–water partition coefficient (Wildman–Crippen LogP) is -0.0926. The highest BCUT2D eigenvalue weighted by molar-refractivity contribution is 6.42. The van der Waals surface area contributed by atoms with Crippen LogP contribution in [0.3, 0.4) is 0 Å². The highest BCUT2D eigenvalue weighted by Gasteiger charge is 2.21. The molecule has 1 heterocycles. The molecule has 0 aromatic carbocycles. The number of aliphatic hydroxyl groups is 1. The lowest BCUT2D eigenvalue weighted by molar-refractivity contribution is -0.135. The summed E-state index contributed by atoms with van der Waals surface area (Å²) in [4.78, 5) is 21.7. The number of hydrogen-bond donors (Lipinski definition) is 2. The number of aliphatic hydroxyl groups excluding tert-OH is 1. The quantitative estimate of drug-likeness (QED) is 0.292. The number of carbonyl (C=O) groups is 2. The molecule has 0 radical (unpaired) electrons. The van der Waals surface area contributed by atoms with Crippen LogP contribution in [0.4, 0.5) is 0 Å². The van der Waals surface area contributed by atoms with Crippen molar-refractivity contribution in [2.24, 2.45) is 0 Å². The molecule has 1 amide bonds. The van der Waals surface area contributed by atoms with Crippen LogP contribution in [0, 0.1) is 0 Å². The van der Waals surface area contributed by atoms with Gasteiger partial charge < -0.3 is 10.4 Å². The molecule has 4 nitrogen and oxygen atoms in total. The molecule has 60 valence electrons. The van der Waals surface area contributed by atoms with E-state index in [9.17, 15) is 9.59 Å². The summed E-state index contributed by atoms with van der Waals surface area (Å²) in [5, 5.41) is 11.0. The molecule has 0 aromatic heterocycles. The maximum atomic E-state index is 10.9. The first-order valence-corrected chi connectivity index (χ1v) is 3.41. The van der Waals surface area contributed by atoms with Crippen molar-refractivity contribution in [2.75, 3.05) is 6.54 Å². The molecule has 4 heteroatoms. The number of amides is 1. The molecule has 1 aliphatic heterocycles. The van der Waals surface area contributed by atoms with Gasteiger partial charge in [0.1, 0.15) is 0 Å². The SMILES string of the molecule is O=C1NCCC/C(=C\O)C1=O. The molecule has 1 fully saturated rings. The maximum Gasteiger partial charge on any atom is 0.292 e. The second-order valence-corrected chi connectivity index (χ2v) is 2.34. The topological polar surface area (TPSA) is 66.4 Å². The van der Waals surface area contributed by atoms with Crippen molar-refractivity contribution in [2.45, 2.75) is 12.8 Å². The summed E-state index contributed by atoms with van der Waals surface area (Å²) < 4.78 is 0. The minimum Gasteiger partial charge on any atom is -0.515 e. The van der Waals surface area contributed by atoms with Gasteiger partial charge in [-0.25, -0.2) is 0 Å². The third-order valence-electron chi connectivity index (χ3n) is 1.56. The fraction of sp³-hybridized carbons (Fsp3) is 0.429. The van der Waals surface area contributed by atoms with Crippen LogP contribution in [0.5, 0.6) is 0 Å². The fourth-order valence-corrected chi connectivity index (χ4v) is 0.944. The van der Waals surface area contributed by atoms with Gasteiger partial charge in [-0.05, 0) is 12.8 Å². The van der Waals surface area contributed by atoms with Crippen LogP contribution in [-0.2, 0) is 9.59 Å². The minimum absolute atomic E-state index is 0.194. The Labute approximate surface area is 63.9 Å². The predicted molar refractivity (Wildman–Crippen MR) is 38.0 cm³/mol. The summed E-state index contributed by atoms with van der Waals surface area (Å²) in [5.41, 5.74) is 0.194. The smallest absolute Gasteiger partial charge is 0.292 e. The van der Waals surface area contributed by atoms with Crippen molar-refractivity contribution >= 4 is 11.7 Å². The molecule has 1 saturated heterocycles. The molecule has 0 aromatic rings. The van der Waals surface area contributed by atoms with E-state index in [4.69, 9.17) is 5.11 Å². The van der Waals surface area contributed by atoms with E-state index < -0.39 is 11.7 Å². The van der Waals surface area contributed by atoms with E-state index in [0.717, 1.165) is 0 Å². The Balaban J connectivity index is 2.81. The minimum atomic E-state index is -0.622. The van der Waals surface area contributed by atoms with Crippen LogP contribution >= 0.6 is 0 Å². The average molecular weight is 155 g/mol. The first-order chi connectivity index (χ1) is 5.25. The Hall–Kier alpha value is -1.32. The third kappa shape index (κ3) is 1.58. The van der Waals surface area contributed by atoms with Gasteiger partial charge in [-0.15, -0.1) is 0 Å². The molecule has 0 unspecified atom stereocenters. The lowest BCUT2D eigenvalue weighted by atomic mass is 10.1. The average Bonchev–Trinajstić information content (AvgIpc) is 2.16. The molecule has 1 aliphatic rings. The highest BCUT2D eigenvalue weighted by Crippen LogP contribution is 2.08. The van der Waals surface area contributed by atoms with Crippen molar-refractivity contribution in [3.63, 3.8) is 0 Å². The van der Waals surface area contributed by atoms with E-state index in [1.165, 1.54) is 0 Å². The lowest BCUT2D eigenvalue weighted by Gasteiger charge is -1.95. The number of ketones is 1. The number of carbonyl (C=O) groups excluding carboxylic acids is 2. The van der Waals surface area contributed by atoms with Crippen LogP contribution < -0.4 is 5.32 Å². The molecule has 0 atom stereocenters. The Morgan fingerprint density at radius 2 is 2.18 bits per heavy atom. The van der Waals surface area contributed by atoms with Crippen LogP contribution in [0.25, 0.3) is 0 Å².